The number of quaternary nitrogens is 1. The second kappa shape index (κ2) is 13.3. The molecule has 0 saturated heterocycles. The maximum absolute atomic E-state index is 13.4. The molecule has 13 nitrogen and oxygen atoms in total. The molecule has 17 heteroatoms. The number of benzene rings is 2. The van der Waals surface area contributed by atoms with Crippen LogP contribution in [0.1, 0.15) is 25.1 Å². The quantitative estimate of drug-likeness (QED) is 0.187. The summed E-state index contributed by atoms with van der Waals surface area (Å²) >= 11 is 0. The number of halogens is 3. The first-order valence-electron chi connectivity index (χ1n) is 12.2. The van der Waals surface area contributed by atoms with Crippen molar-refractivity contribution in [1.29, 1.82) is 0 Å². The minimum Gasteiger partial charge on any atom is -0.579 e. The average molecular weight is 616 g/mol. The normalized spacial score (nSPS) is 12.8. The Morgan fingerprint density at radius 1 is 1.12 bits per heavy atom. The Bertz CT molecular complexity index is 1490. The highest BCUT2D eigenvalue weighted by Gasteiger charge is 2.35. The molecule has 1 amide bonds. The summed E-state index contributed by atoms with van der Waals surface area (Å²) in [7, 11) is -3.29. The van der Waals surface area contributed by atoms with Crippen molar-refractivity contribution in [2.45, 2.75) is 37.9 Å². The lowest BCUT2D eigenvalue weighted by molar-refractivity contribution is -1.14. The van der Waals surface area contributed by atoms with E-state index in [4.69, 9.17) is 0 Å². The van der Waals surface area contributed by atoms with E-state index in [9.17, 15) is 36.4 Å². The van der Waals surface area contributed by atoms with Crippen molar-refractivity contribution in [2.75, 3.05) is 20.4 Å². The lowest BCUT2D eigenvalue weighted by Crippen LogP contribution is -3.13. The first-order chi connectivity index (χ1) is 19.6. The summed E-state index contributed by atoms with van der Waals surface area (Å²) in [6, 6.07) is 12.3. The number of carbonyl (C=O) groups is 2. The van der Waals surface area contributed by atoms with Crippen LogP contribution in [0.3, 0.4) is 0 Å². The SMILES string of the molecule is Cc1ccc(-c2cc(C(F)(F)F)nn2-c2ccc(S(=O)(=O)NC(=O)CN(C)[NH+]([O-])OCOC(=O)OC(C)C)cc2)cc1. The summed E-state index contributed by atoms with van der Waals surface area (Å²) in [6.07, 6.45) is -6.25. The van der Waals surface area contributed by atoms with E-state index in [-0.39, 0.29) is 16.3 Å². The number of carbonyl (C=O) groups excluding carboxylic acids is 2. The topological polar surface area (TPSA) is 157 Å². The van der Waals surface area contributed by atoms with E-state index in [1.54, 1.807) is 42.8 Å². The number of rotatable bonds is 11. The Morgan fingerprint density at radius 3 is 2.31 bits per heavy atom. The molecule has 2 aromatic carbocycles. The molecule has 0 bridgehead atoms. The standard InChI is InChI=1S/C25H28F3N5O8S/c1-16(2)41-24(35)39-15-40-33(36)31(4)14-23(34)30-42(37,38)20-11-9-19(10-12-20)32-21(13-22(29-32)25(26,27)28)18-7-5-17(3)6-8-18/h5-13,16,33H,14-15H2,1-4H3,(H,30,34). The molecule has 0 fully saturated rings. The van der Waals surface area contributed by atoms with Crippen LogP contribution in [0.25, 0.3) is 16.9 Å². The van der Waals surface area contributed by atoms with Gasteiger partial charge in [0.25, 0.3) is 22.7 Å². The molecule has 0 spiro atoms. The molecule has 42 heavy (non-hydrogen) atoms. The number of nitrogens with one attached hydrogen (secondary N) is 2. The number of alkyl halides is 3. The third-order valence-electron chi connectivity index (χ3n) is 5.37. The van der Waals surface area contributed by atoms with Gasteiger partial charge < -0.3 is 14.7 Å². The van der Waals surface area contributed by atoms with Crippen molar-refractivity contribution in [3.05, 3.63) is 71.1 Å². The van der Waals surface area contributed by atoms with Gasteiger partial charge in [-0.15, -0.1) is 15.2 Å². The van der Waals surface area contributed by atoms with Gasteiger partial charge in [0.05, 0.1) is 22.4 Å². The van der Waals surface area contributed by atoms with E-state index in [0.717, 1.165) is 40.5 Å². The van der Waals surface area contributed by atoms with Crippen LogP contribution in [0.4, 0.5) is 18.0 Å². The third kappa shape index (κ3) is 8.73. The minimum absolute atomic E-state index is 0.128. The predicted molar refractivity (Wildman–Crippen MR) is 140 cm³/mol. The number of ether oxygens (including phenoxy) is 2. The fourth-order valence-corrected chi connectivity index (χ4v) is 4.38. The van der Waals surface area contributed by atoms with Crippen LogP contribution in [0.15, 0.2) is 59.5 Å². The Kier molecular flexibility index (Phi) is 10.3. The van der Waals surface area contributed by atoms with Gasteiger partial charge in [0.2, 0.25) is 0 Å². The zero-order valence-electron chi connectivity index (χ0n) is 22.8. The second-order valence-corrected chi connectivity index (χ2v) is 10.8. The smallest absolute Gasteiger partial charge is 0.510 e. The van der Waals surface area contributed by atoms with E-state index in [1.807, 2.05) is 6.92 Å². The molecule has 3 aromatic rings. The predicted octanol–water partition coefficient (Wildman–Crippen LogP) is 2.35. The zero-order valence-corrected chi connectivity index (χ0v) is 23.7. The van der Waals surface area contributed by atoms with Gasteiger partial charge in [0.1, 0.15) is 6.54 Å². The second-order valence-electron chi connectivity index (χ2n) is 9.16. The number of likely N-dealkylation sites (N-methyl/N-ethyl adjacent to an activating group) is 1. The fourth-order valence-electron chi connectivity index (χ4n) is 3.40. The highest BCUT2D eigenvalue weighted by Crippen LogP contribution is 2.33. The van der Waals surface area contributed by atoms with Gasteiger partial charge in [-0.05, 0) is 51.1 Å². The van der Waals surface area contributed by atoms with Crippen molar-refractivity contribution >= 4 is 22.1 Å². The highest BCUT2D eigenvalue weighted by molar-refractivity contribution is 7.90. The van der Waals surface area contributed by atoms with Crippen LogP contribution in [0, 0.1) is 12.1 Å². The molecule has 1 aromatic heterocycles. The molecule has 3 rings (SSSR count). The largest absolute Gasteiger partial charge is 0.579 e. The van der Waals surface area contributed by atoms with Gasteiger partial charge in [0, 0.05) is 12.6 Å². The summed E-state index contributed by atoms with van der Waals surface area (Å²) in [6.45, 7) is 3.45. The van der Waals surface area contributed by atoms with Crippen molar-refractivity contribution in [3.63, 3.8) is 0 Å². The monoisotopic (exact) mass is 615 g/mol. The number of hydrogen-bond donors (Lipinski definition) is 2. The molecular weight excluding hydrogens is 587 g/mol. The summed E-state index contributed by atoms with van der Waals surface area (Å²) in [5.41, 5.74) is 0.485. The molecule has 0 aliphatic carbocycles. The Labute approximate surface area is 238 Å². The molecular formula is C25H28F3N5O8S. The van der Waals surface area contributed by atoms with Crippen LogP contribution >= 0.6 is 0 Å². The van der Waals surface area contributed by atoms with E-state index in [0.29, 0.717) is 5.56 Å². The van der Waals surface area contributed by atoms with E-state index >= 15 is 0 Å². The summed E-state index contributed by atoms with van der Waals surface area (Å²) in [5.74, 6) is -1.10. The van der Waals surface area contributed by atoms with Crippen LogP contribution in [0.5, 0.6) is 0 Å². The van der Waals surface area contributed by atoms with Gasteiger partial charge in [-0.1, -0.05) is 29.8 Å². The number of aryl methyl sites for hydroxylation is 1. The Balaban J connectivity index is 1.68. The van der Waals surface area contributed by atoms with Crippen LogP contribution in [-0.4, -0.2) is 61.8 Å². The summed E-state index contributed by atoms with van der Waals surface area (Å²) in [5, 5.41) is 15.3. The zero-order chi connectivity index (χ0) is 31.2. The van der Waals surface area contributed by atoms with Crippen LogP contribution in [-0.2, 0) is 35.3 Å². The first kappa shape index (κ1) is 32.5. The van der Waals surface area contributed by atoms with Gasteiger partial charge in [-0.2, -0.15) is 18.3 Å². The molecule has 0 aliphatic heterocycles. The van der Waals surface area contributed by atoms with Gasteiger partial charge in [-0.3, -0.25) is 4.79 Å². The fraction of sp³-hybridized carbons (Fsp3) is 0.320. The highest BCUT2D eigenvalue weighted by atomic mass is 32.2. The van der Waals surface area contributed by atoms with E-state index < -0.39 is 58.7 Å². The molecule has 1 heterocycles. The third-order valence-corrected chi connectivity index (χ3v) is 6.76. The number of hydrogen-bond acceptors (Lipinski definition) is 10. The molecule has 0 radical (unpaired) electrons. The maximum Gasteiger partial charge on any atom is 0.510 e. The number of sulfonamides is 1. The molecule has 0 aliphatic rings. The number of amides is 1. The summed E-state index contributed by atoms with van der Waals surface area (Å²) < 4.78 is 77.8. The Morgan fingerprint density at radius 2 is 1.74 bits per heavy atom. The van der Waals surface area contributed by atoms with Crippen molar-refractivity contribution in [2.24, 2.45) is 0 Å². The van der Waals surface area contributed by atoms with Crippen molar-refractivity contribution in [1.82, 2.24) is 19.5 Å². The van der Waals surface area contributed by atoms with Crippen molar-refractivity contribution in [3.8, 4) is 16.9 Å². The molecule has 1 unspecified atom stereocenters. The van der Waals surface area contributed by atoms with E-state index in [2.05, 4.69) is 19.4 Å². The number of aromatic nitrogens is 2. The van der Waals surface area contributed by atoms with Crippen LogP contribution in [0.2, 0.25) is 0 Å². The van der Waals surface area contributed by atoms with Gasteiger partial charge in [0.15, 0.2) is 5.69 Å². The maximum atomic E-state index is 13.4. The van der Waals surface area contributed by atoms with Gasteiger partial charge >= 0.3 is 12.3 Å². The minimum atomic E-state index is -4.72. The van der Waals surface area contributed by atoms with Crippen LogP contribution < -0.4 is 10.1 Å². The lowest BCUT2D eigenvalue weighted by atomic mass is 10.1. The molecule has 1 atom stereocenters. The Hall–Kier alpha value is -4.03. The van der Waals surface area contributed by atoms with Gasteiger partial charge in [-0.25, -0.2) is 22.6 Å². The first-order valence-corrected chi connectivity index (χ1v) is 13.7. The van der Waals surface area contributed by atoms with Crippen molar-refractivity contribution < 1.29 is 50.8 Å². The molecule has 228 valence electrons. The number of nitrogens with zero attached hydrogens (tertiary/aromatic N) is 3. The average Bonchev–Trinajstić information content (AvgIpc) is 3.34. The molecule has 2 N–H and O–H groups in total. The van der Waals surface area contributed by atoms with E-state index in [1.165, 1.54) is 12.1 Å². The molecule has 0 saturated carbocycles. The lowest BCUT2D eigenvalue weighted by Gasteiger charge is -2.26. The summed E-state index contributed by atoms with van der Waals surface area (Å²) in [4.78, 5) is 27.9.